The van der Waals surface area contributed by atoms with Crippen LogP contribution in [0.3, 0.4) is 0 Å². The van der Waals surface area contributed by atoms with Gasteiger partial charge >= 0.3 is 11.9 Å². The lowest BCUT2D eigenvalue weighted by molar-refractivity contribution is -0.184. The van der Waals surface area contributed by atoms with Crippen molar-refractivity contribution < 1.29 is 28.5 Å². The average Bonchev–Trinajstić information content (AvgIpc) is 2.51. The average molecular weight is 389 g/mol. The minimum Gasteiger partial charge on any atom is -0.459 e. The van der Waals surface area contributed by atoms with Gasteiger partial charge in [0.25, 0.3) is 0 Å². The Balaban J connectivity index is 4.97. The molecule has 6 nitrogen and oxygen atoms in total. The Morgan fingerprint density at radius 2 is 1.00 bits per heavy atom. The fraction of sp³-hybridized carbons (Fsp3) is 0.905. The van der Waals surface area contributed by atoms with Gasteiger partial charge in [-0.1, -0.05) is 13.8 Å². The summed E-state index contributed by atoms with van der Waals surface area (Å²) in [6.07, 6.45) is -0.297. The van der Waals surface area contributed by atoms with Crippen LogP contribution in [0.5, 0.6) is 0 Å². The monoisotopic (exact) mass is 388 g/mol. The number of hydrogen-bond acceptors (Lipinski definition) is 6. The van der Waals surface area contributed by atoms with E-state index in [1.165, 1.54) is 0 Å². The van der Waals surface area contributed by atoms with Gasteiger partial charge in [0.15, 0.2) is 5.41 Å². The number of ether oxygens (including phenoxy) is 4. The quantitative estimate of drug-likeness (QED) is 0.411. The van der Waals surface area contributed by atoms with Crippen LogP contribution >= 0.6 is 0 Å². The molecule has 0 aliphatic heterocycles. The Labute approximate surface area is 165 Å². The number of rotatable bonds is 10. The lowest BCUT2D eigenvalue weighted by Crippen LogP contribution is -2.44. The Hall–Kier alpha value is -1.14. The van der Waals surface area contributed by atoms with Gasteiger partial charge in [-0.3, -0.25) is 9.59 Å². The molecule has 0 spiro atoms. The zero-order valence-corrected chi connectivity index (χ0v) is 18.9. The van der Waals surface area contributed by atoms with Crippen LogP contribution in [0.15, 0.2) is 0 Å². The first-order valence-corrected chi connectivity index (χ1v) is 9.87. The molecule has 0 saturated carbocycles. The predicted octanol–water partition coefficient (Wildman–Crippen LogP) is 4.29. The Kier molecular flexibility index (Phi) is 9.98. The number of esters is 2. The van der Waals surface area contributed by atoms with Gasteiger partial charge in [0.2, 0.25) is 0 Å². The van der Waals surface area contributed by atoms with Gasteiger partial charge in [0.1, 0.15) is 12.2 Å². The van der Waals surface area contributed by atoms with E-state index < -0.39 is 29.6 Å². The molecule has 0 aromatic carbocycles. The van der Waals surface area contributed by atoms with Crippen LogP contribution in [0.4, 0.5) is 0 Å². The highest BCUT2D eigenvalue weighted by molar-refractivity contribution is 6.00. The Morgan fingerprint density at radius 1 is 0.704 bits per heavy atom. The topological polar surface area (TPSA) is 71.1 Å². The maximum atomic E-state index is 12.8. The first kappa shape index (κ1) is 25.9. The third kappa shape index (κ3) is 9.56. The van der Waals surface area contributed by atoms with Gasteiger partial charge in [-0.15, -0.1) is 0 Å². The lowest BCUT2D eigenvalue weighted by atomic mass is 9.82. The van der Waals surface area contributed by atoms with E-state index in [1.807, 2.05) is 41.5 Å². The van der Waals surface area contributed by atoms with Gasteiger partial charge in [0.05, 0.1) is 24.4 Å². The Morgan fingerprint density at radius 3 is 1.22 bits per heavy atom. The fourth-order valence-corrected chi connectivity index (χ4v) is 2.30. The molecule has 0 aliphatic rings. The van der Waals surface area contributed by atoms with E-state index >= 15 is 0 Å². The molecule has 0 fully saturated rings. The highest BCUT2D eigenvalue weighted by Gasteiger charge is 2.47. The first-order valence-electron chi connectivity index (χ1n) is 9.87. The minimum atomic E-state index is -1.31. The van der Waals surface area contributed by atoms with E-state index in [9.17, 15) is 9.59 Å². The largest absolute Gasteiger partial charge is 0.459 e. The van der Waals surface area contributed by atoms with Gasteiger partial charge in [0, 0.05) is 0 Å². The van der Waals surface area contributed by atoms with Crippen molar-refractivity contribution in [2.75, 3.05) is 13.2 Å². The van der Waals surface area contributed by atoms with E-state index in [0.29, 0.717) is 12.8 Å². The van der Waals surface area contributed by atoms with Crippen LogP contribution in [0.2, 0.25) is 0 Å². The van der Waals surface area contributed by atoms with Crippen LogP contribution in [-0.2, 0) is 28.5 Å². The molecule has 160 valence electrons. The van der Waals surface area contributed by atoms with E-state index in [-0.39, 0.29) is 24.4 Å². The number of hydrogen-bond donors (Lipinski definition) is 0. The molecule has 27 heavy (non-hydrogen) atoms. The van der Waals surface area contributed by atoms with Crippen molar-refractivity contribution in [3.8, 4) is 0 Å². The van der Waals surface area contributed by atoms with Gasteiger partial charge in [-0.25, -0.2) is 0 Å². The second kappa shape index (κ2) is 10.4. The molecule has 0 saturated heterocycles. The fourth-order valence-electron chi connectivity index (χ4n) is 2.30. The van der Waals surface area contributed by atoms with E-state index in [4.69, 9.17) is 18.9 Å². The van der Waals surface area contributed by atoms with Crippen molar-refractivity contribution in [1.82, 2.24) is 0 Å². The maximum absolute atomic E-state index is 12.8. The van der Waals surface area contributed by atoms with Gasteiger partial charge < -0.3 is 18.9 Å². The molecule has 0 amide bonds. The zero-order valence-electron chi connectivity index (χ0n) is 18.9. The van der Waals surface area contributed by atoms with Crippen molar-refractivity contribution >= 4 is 11.9 Å². The molecule has 2 atom stereocenters. The maximum Gasteiger partial charge on any atom is 0.323 e. The van der Waals surface area contributed by atoms with Crippen LogP contribution in [0.25, 0.3) is 0 Å². The van der Waals surface area contributed by atoms with Crippen LogP contribution in [0, 0.1) is 5.41 Å². The summed E-state index contributed by atoms with van der Waals surface area (Å²) >= 11 is 0. The van der Waals surface area contributed by atoms with Crippen LogP contribution in [0.1, 0.15) is 82.1 Å². The molecule has 0 rings (SSSR count). The Bertz CT molecular complexity index is 428. The molecule has 0 radical (unpaired) electrons. The van der Waals surface area contributed by atoms with E-state index in [2.05, 4.69) is 0 Å². The smallest absolute Gasteiger partial charge is 0.323 e. The second-order valence-electron chi connectivity index (χ2n) is 9.07. The molecule has 2 unspecified atom stereocenters. The second-order valence-corrected chi connectivity index (χ2v) is 9.07. The molecule has 0 aliphatic carbocycles. The highest BCUT2D eigenvalue weighted by Crippen LogP contribution is 2.31. The summed E-state index contributed by atoms with van der Waals surface area (Å²) in [5.74, 6) is -1.13. The van der Waals surface area contributed by atoms with E-state index in [0.717, 1.165) is 0 Å². The van der Waals surface area contributed by atoms with Crippen molar-refractivity contribution in [1.29, 1.82) is 0 Å². The molecule has 0 aromatic heterocycles. The van der Waals surface area contributed by atoms with Crippen molar-refractivity contribution in [3.05, 3.63) is 0 Å². The van der Waals surface area contributed by atoms with Crippen LogP contribution in [-0.4, -0.2) is 48.6 Å². The van der Waals surface area contributed by atoms with Crippen molar-refractivity contribution in [2.24, 2.45) is 5.41 Å². The molecule has 0 heterocycles. The summed E-state index contributed by atoms with van der Waals surface area (Å²) in [5, 5.41) is 0. The SMILES string of the molecule is CCC(CC)(C(=O)OC(C)COC(C)(C)C)C(=O)OC(C)COC(C)(C)C. The first-order chi connectivity index (χ1) is 12.2. The minimum absolute atomic E-state index is 0.267. The summed E-state index contributed by atoms with van der Waals surface area (Å²) in [6.45, 7) is 19.2. The van der Waals surface area contributed by atoms with Crippen molar-refractivity contribution in [2.45, 2.75) is 105 Å². The standard InChI is InChI=1S/C21H40O6/c1-11-21(12-2,17(22)26-15(3)13-24-19(5,6)7)18(23)27-16(4)14-25-20(8,9)10/h15-16H,11-14H2,1-10H3. The molecule has 0 aromatic rings. The highest BCUT2D eigenvalue weighted by atomic mass is 16.6. The normalized spacial score (nSPS) is 15.2. The molecule has 0 N–H and O–H groups in total. The number of carbonyl (C=O) groups excluding carboxylic acids is 2. The molecule has 0 bridgehead atoms. The molecular weight excluding hydrogens is 348 g/mol. The predicted molar refractivity (Wildman–Crippen MR) is 106 cm³/mol. The third-order valence-corrected chi connectivity index (χ3v) is 4.11. The zero-order chi connectivity index (χ0) is 21.5. The van der Waals surface area contributed by atoms with Gasteiger partial charge in [-0.05, 0) is 68.2 Å². The lowest BCUT2D eigenvalue weighted by Gasteiger charge is -2.31. The van der Waals surface area contributed by atoms with E-state index in [1.54, 1.807) is 27.7 Å². The summed E-state index contributed by atoms with van der Waals surface area (Å²) in [6, 6.07) is 0. The van der Waals surface area contributed by atoms with Gasteiger partial charge in [-0.2, -0.15) is 0 Å². The summed E-state index contributed by atoms with van der Waals surface area (Å²) in [4.78, 5) is 25.6. The molecular formula is C21H40O6. The third-order valence-electron chi connectivity index (χ3n) is 4.11. The summed E-state index contributed by atoms with van der Waals surface area (Å²) < 4.78 is 22.3. The molecule has 6 heteroatoms. The summed E-state index contributed by atoms with van der Waals surface area (Å²) in [7, 11) is 0. The number of carbonyl (C=O) groups is 2. The van der Waals surface area contributed by atoms with Crippen LogP contribution < -0.4 is 0 Å². The van der Waals surface area contributed by atoms with Crippen molar-refractivity contribution in [3.63, 3.8) is 0 Å². The summed E-state index contributed by atoms with van der Waals surface area (Å²) in [5.41, 5.74) is -1.96.